The van der Waals surface area contributed by atoms with Gasteiger partial charge in [-0.3, -0.25) is 14.3 Å². The molecular weight excluding hydrogens is 308 g/mol. The first kappa shape index (κ1) is 15.5. The van der Waals surface area contributed by atoms with E-state index in [1.54, 1.807) is 12.1 Å². The molecule has 0 aliphatic carbocycles. The van der Waals surface area contributed by atoms with Crippen molar-refractivity contribution in [3.8, 4) is 11.1 Å². The van der Waals surface area contributed by atoms with E-state index in [1.807, 2.05) is 30.3 Å². The Hall–Kier alpha value is -3.41. The molecule has 0 bridgehead atoms. The number of aromatic carboxylic acids is 1. The van der Waals surface area contributed by atoms with E-state index in [4.69, 9.17) is 5.11 Å². The van der Waals surface area contributed by atoms with Crippen molar-refractivity contribution >= 4 is 5.97 Å². The Labute approximate surface area is 136 Å². The van der Waals surface area contributed by atoms with Crippen LogP contribution in [-0.2, 0) is 6.54 Å². The third kappa shape index (κ3) is 3.33. The normalized spacial score (nSPS) is 10.5. The number of nitrogens with one attached hydrogen (secondary N) is 1. The molecule has 6 nitrogen and oxygen atoms in total. The van der Waals surface area contributed by atoms with Gasteiger partial charge < -0.3 is 5.11 Å². The summed E-state index contributed by atoms with van der Waals surface area (Å²) < 4.78 is 1.40. The Bertz CT molecular complexity index is 1020. The number of carboxylic acid groups (broad SMARTS) is 1. The van der Waals surface area contributed by atoms with Crippen LogP contribution in [0.25, 0.3) is 11.1 Å². The van der Waals surface area contributed by atoms with Crippen molar-refractivity contribution in [1.29, 1.82) is 0 Å². The SMILES string of the molecule is O=C(O)c1cccc(-c2cccc(Cn3ccc(=O)[nH]c3=O)c2)c1. The summed E-state index contributed by atoms with van der Waals surface area (Å²) in [5.41, 5.74) is 1.81. The van der Waals surface area contributed by atoms with Gasteiger partial charge in [0.15, 0.2) is 0 Å². The van der Waals surface area contributed by atoms with E-state index in [0.717, 1.165) is 16.7 Å². The molecule has 0 saturated heterocycles. The van der Waals surface area contributed by atoms with Crippen LogP contribution in [0.1, 0.15) is 15.9 Å². The topological polar surface area (TPSA) is 92.2 Å². The van der Waals surface area contributed by atoms with E-state index in [0.29, 0.717) is 6.54 Å². The lowest BCUT2D eigenvalue weighted by molar-refractivity contribution is 0.0697. The van der Waals surface area contributed by atoms with Gasteiger partial charge in [0, 0.05) is 12.3 Å². The molecule has 1 heterocycles. The smallest absolute Gasteiger partial charge is 0.335 e. The van der Waals surface area contributed by atoms with E-state index >= 15 is 0 Å². The monoisotopic (exact) mass is 322 g/mol. The number of aromatic amines is 1. The number of hydrogen-bond donors (Lipinski definition) is 2. The van der Waals surface area contributed by atoms with E-state index in [2.05, 4.69) is 4.98 Å². The summed E-state index contributed by atoms with van der Waals surface area (Å²) in [6.07, 6.45) is 1.44. The lowest BCUT2D eigenvalue weighted by Crippen LogP contribution is -2.28. The van der Waals surface area contributed by atoms with Gasteiger partial charge in [-0.15, -0.1) is 0 Å². The van der Waals surface area contributed by atoms with Crippen molar-refractivity contribution in [2.45, 2.75) is 6.54 Å². The van der Waals surface area contributed by atoms with Crippen molar-refractivity contribution in [2.24, 2.45) is 0 Å². The standard InChI is InChI=1S/C18H14N2O4/c21-16-7-8-20(18(24)19-16)11-12-3-1-4-13(9-12)14-5-2-6-15(10-14)17(22)23/h1-10H,11H2,(H,22,23)(H,19,21,24). The summed E-state index contributed by atoms with van der Waals surface area (Å²) in [5, 5.41) is 9.09. The molecule has 0 saturated carbocycles. The number of H-pyrrole nitrogens is 1. The van der Waals surface area contributed by atoms with Gasteiger partial charge in [-0.25, -0.2) is 9.59 Å². The lowest BCUT2D eigenvalue weighted by Gasteiger charge is -2.08. The first-order valence-corrected chi connectivity index (χ1v) is 7.25. The Morgan fingerprint density at radius 2 is 1.71 bits per heavy atom. The highest BCUT2D eigenvalue weighted by Gasteiger charge is 2.06. The maximum absolute atomic E-state index is 11.8. The number of hydrogen-bond acceptors (Lipinski definition) is 3. The second kappa shape index (κ2) is 6.37. The maximum Gasteiger partial charge on any atom is 0.335 e. The van der Waals surface area contributed by atoms with Crippen LogP contribution < -0.4 is 11.2 Å². The fourth-order valence-corrected chi connectivity index (χ4v) is 2.45. The van der Waals surface area contributed by atoms with Gasteiger partial charge in [0.05, 0.1) is 12.1 Å². The van der Waals surface area contributed by atoms with Gasteiger partial charge in [-0.2, -0.15) is 0 Å². The summed E-state index contributed by atoms with van der Waals surface area (Å²) in [4.78, 5) is 36.2. The van der Waals surface area contributed by atoms with Crippen LogP contribution in [0.15, 0.2) is 70.4 Å². The molecule has 24 heavy (non-hydrogen) atoms. The first-order valence-electron chi connectivity index (χ1n) is 7.25. The lowest BCUT2D eigenvalue weighted by atomic mass is 10.0. The number of aromatic nitrogens is 2. The molecule has 2 aromatic carbocycles. The van der Waals surface area contributed by atoms with Crippen LogP contribution in [0, 0.1) is 0 Å². The molecule has 3 rings (SSSR count). The van der Waals surface area contributed by atoms with Crippen LogP contribution in [-0.4, -0.2) is 20.6 Å². The molecule has 0 atom stereocenters. The Morgan fingerprint density at radius 3 is 2.42 bits per heavy atom. The molecule has 120 valence electrons. The van der Waals surface area contributed by atoms with Crippen molar-refractivity contribution in [1.82, 2.24) is 9.55 Å². The molecule has 0 spiro atoms. The highest BCUT2D eigenvalue weighted by molar-refractivity contribution is 5.89. The van der Waals surface area contributed by atoms with Crippen LogP contribution >= 0.6 is 0 Å². The summed E-state index contributed by atoms with van der Waals surface area (Å²) in [6.45, 7) is 0.308. The highest BCUT2D eigenvalue weighted by atomic mass is 16.4. The summed E-state index contributed by atoms with van der Waals surface area (Å²) >= 11 is 0. The third-order valence-corrected chi connectivity index (χ3v) is 3.62. The molecule has 0 aliphatic rings. The second-order valence-electron chi connectivity index (χ2n) is 5.32. The van der Waals surface area contributed by atoms with E-state index in [9.17, 15) is 14.4 Å². The minimum absolute atomic E-state index is 0.217. The number of benzene rings is 2. The molecule has 0 fully saturated rings. The molecule has 2 N–H and O–H groups in total. The molecule has 0 unspecified atom stereocenters. The fourth-order valence-electron chi connectivity index (χ4n) is 2.45. The minimum atomic E-state index is -0.979. The van der Waals surface area contributed by atoms with Gasteiger partial charge in [-0.05, 0) is 34.9 Å². The number of nitrogens with zero attached hydrogens (tertiary/aromatic N) is 1. The summed E-state index contributed by atoms with van der Waals surface area (Å²) in [5.74, 6) is -0.979. The van der Waals surface area contributed by atoms with Gasteiger partial charge in [0.1, 0.15) is 0 Å². The maximum atomic E-state index is 11.8. The van der Waals surface area contributed by atoms with Gasteiger partial charge in [0.2, 0.25) is 0 Å². The van der Waals surface area contributed by atoms with E-state index in [1.165, 1.54) is 22.9 Å². The van der Waals surface area contributed by atoms with Crippen LogP contribution in [0.3, 0.4) is 0 Å². The second-order valence-corrected chi connectivity index (χ2v) is 5.32. The quantitative estimate of drug-likeness (QED) is 0.768. The number of rotatable bonds is 4. The van der Waals surface area contributed by atoms with Crippen molar-refractivity contribution in [2.75, 3.05) is 0 Å². The number of carbonyl (C=O) groups is 1. The van der Waals surface area contributed by atoms with Crippen LogP contribution in [0.2, 0.25) is 0 Å². The molecule has 1 aromatic heterocycles. The molecule has 0 amide bonds. The fraction of sp³-hybridized carbons (Fsp3) is 0.0556. The zero-order chi connectivity index (χ0) is 17.1. The molecule has 3 aromatic rings. The zero-order valence-corrected chi connectivity index (χ0v) is 12.6. The Kier molecular flexibility index (Phi) is 4.11. The minimum Gasteiger partial charge on any atom is -0.478 e. The van der Waals surface area contributed by atoms with Crippen LogP contribution in [0.4, 0.5) is 0 Å². The first-order chi connectivity index (χ1) is 11.5. The van der Waals surface area contributed by atoms with Crippen molar-refractivity contribution in [3.63, 3.8) is 0 Å². The molecule has 6 heteroatoms. The average molecular weight is 322 g/mol. The molecular formula is C18H14N2O4. The summed E-state index contributed by atoms with van der Waals surface area (Å²) in [7, 11) is 0. The van der Waals surface area contributed by atoms with E-state index < -0.39 is 17.2 Å². The predicted octanol–water partition coefficient (Wildman–Crippen LogP) is 1.95. The molecule has 0 radical (unpaired) electrons. The van der Waals surface area contributed by atoms with Gasteiger partial charge in [0.25, 0.3) is 5.56 Å². The number of carboxylic acids is 1. The largest absolute Gasteiger partial charge is 0.478 e. The Balaban J connectivity index is 1.94. The van der Waals surface area contributed by atoms with Crippen molar-refractivity contribution < 1.29 is 9.90 Å². The van der Waals surface area contributed by atoms with Crippen LogP contribution in [0.5, 0.6) is 0 Å². The molecule has 0 aliphatic heterocycles. The average Bonchev–Trinajstić information content (AvgIpc) is 2.58. The van der Waals surface area contributed by atoms with Gasteiger partial charge >= 0.3 is 11.7 Å². The summed E-state index contributed by atoms with van der Waals surface area (Å²) in [6, 6.07) is 15.4. The predicted molar refractivity (Wildman–Crippen MR) is 89.3 cm³/mol. The Morgan fingerprint density at radius 1 is 1.00 bits per heavy atom. The van der Waals surface area contributed by atoms with E-state index in [-0.39, 0.29) is 5.56 Å². The third-order valence-electron chi connectivity index (χ3n) is 3.62. The zero-order valence-electron chi connectivity index (χ0n) is 12.6. The van der Waals surface area contributed by atoms with Gasteiger partial charge in [-0.1, -0.05) is 30.3 Å². The van der Waals surface area contributed by atoms with Crippen molar-refractivity contribution in [3.05, 3.63) is 92.8 Å². The highest BCUT2D eigenvalue weighted by Crippen LogP contribution is 2.22.